The first-order chi connectivity index (χ1) is 15.0. The fourth-order valence-corrected chi connectivity index (χ4v) is 2.93. The molecule has 2 aromatic rings. The number of allylic oxidation sites excluding steroid dienone is 1. The van der Waals surface area contributed by atoms with Crippen LogP contribution in [0.4, 0.5) is 5.69 Å². The number of anilines is 1. The van der Waals surface area contributed by atoms with E-state index in [0.717, 1.165) is 11.4 Å². The second kappa shape index (κ2) is 15.2. The summed E-state index contributed by atoms with van der Waals surface area (Å²) in [5.41, 5.74) is 1.11. The van der Waals surface area contributed by atoms with Crippen molar-refractivity contribution in [2.45, 2.75) is 13.8 Å². The Morgan fingerprint density at radius 3 is 2.10 bits per heavy atom. The fraction of sp³-hybridized carbons (Fsp3) is 0.333. The molecule has 1 aliphatic heterocycles. The molecule has 3 rings (SSSR count). The van der Waals surface area contributed by atoms with Gasteiger partial charge in [-0.3, -0.25) is 9.59 Å². The van der Waals surface area contributed by atoms with Gasteiger partial charge in [0.2, 0.25) is 0 Å². The predicted molar refractivity (Wildman–Crippen MR) is 126 cm³/mol. The van der Waals surface area contributed by atoms with Gasteiger partial charge in [0.1, 0.15) is 5.75 Å². The van der Waals surface area contributed by atoms with Crippen molar-refractivity contribution in [1.82, 2.24) is 4.90 Å². The molecule has 0 atom stereocenters. The number of ether oxygens (including phenoxy) is 2. The van der Waals surface area contributed by atoms with Crippen molar-refractivity contribution in [2.24, 2.45) is 0 Å². The maximum atomic E-state index is 12.3. The predicted octanol–water partition coefficient (Wildman–Crippen LogP) is 2.58. The van der Waals surface area contributed by atoms with Crippen molar-refractivity contribution in [3.05, 3.63) is 66.4 Å². The van der Waals surface area contributed by atoms with Crippen LogP contribution in [-0.2, 0) is 14.3 Å². The molecule has 0 N–H and O–H groups in total. The first kappa shape index (κ1) is 26.4. The van der Waals surface area contributed by atoms with E-state index in [1.165, 1.54) is 15.4 Å². The number of hydrogen-bond donors (Lipinski definition) is 0. The van der Waals surface area contributed by atoms with E-state index in [4.69, 9.17) is 9.47 Å². The van der Waals surface area contributed by atoms with Crippen LogP contribution in [-0.4, -0.2) is 73.6 Å². The molecule has 1 fully saturated rings. The summed E-state index contributed by atoms with van der Waals surface area (Å²) in [5.74, 6) is 0.473. The number of likely N-dealkylation sites (N-methyl/N-ethyl adjacent to an activating group) is 1. The van der Waals surface area contributed by atoms with Gasteiger partial charge < -0.3 is 19.3 Å². The van der Waals surface area contributed by atoms with Crippen molar-refractivity contribution < 1.29 is 19.1 Å². The van der Waals surface area contributed by atoms with Gasteiger partial charge in [0.25, 0.3) is 5.91 Å². The normalized spacial score (nSPS) is 13.0. The Morgan fingerprint density at radius 2 is 1.65 bits per heavy atom. The molecule has 1 aliphatic rings. The number of nitrogens with zero attached hydrogens (tertiary/aromatic N) is 2. The quantitative estimate of drug-likeness (QED) is 0.367. The minimum atomic E-state index is -0.251. The van der Waals surface area contributed by atoms with Crippen LogP contribution in [0, 0.1) is 0 Å². The van der Waals surface area contributed by atoms with Gasteiger partial charge in [0, 0.05) is 31.9 Å². The molecule has 0 unspecified atom stereocenters. The molecule has 0 bridgehead atoms. The van der Waals surface area contributed by atoms with Gasteiger partial charge in [-0.05, 0) is 24.3 Å². The maximum absolute atomic E-state index is 12.3. The van der Waals surface area contributed by atoms with Crippen LogP contribution >= 0.6 is 0 Å². The molecule has 0 saturated carbocycles. The average Bonchev–Trinajstić information content (AvgIpc) is 2.84. The number of hydrogen-bond acceptors (Lipinski definition) is 5. The van der Waals surface area contributed by atoms with E-state index in [9.17, 15) is 9.59 Å². The molecule has 0 spiro atoms. The molecule has 1 radical (unpaired) electrons. The summed E-state index contributed by atoms with van der Waals surface area (Å²) in [7, 11) is 3.26. The molecule has 7 heteroatoms. The molecule has 1 saturated heterocycles. The molecule has 0 aromatic heterocycles. The number of carbonyl (C=O) groups is 2. The molecule has 0 aliphatic carbocycles. The van der Waals surface area contributed by atoms with Crippen LogP contribution in [0.1, 0.15) is 13.8 Å². The summed E-state index contributed by atoms with van der Waals surface area (Å²) in [4.78, 5) is 26.9. The molecule has 6 nitrogen and oxygen atoms in total. The number of rotatable bonds is 5. The fourth-order valence-electron chi connectivity index (χ4n) is 2.60. The van der Waals surface area contributed by atoms with Crippen LogP contribution in [0.3, 0.4) is 0 Å². The number of amides is 1. The first-order valence-corrected chi connectivity index (χ1v) is 11.0. The van der Waals surface area contributed by atoms with E-state index in [1.807, 2.05) is 49.1 Å². The zero-order valence-corrected chi connectivity index (χ0v) is 20.3. The number of methoxy groups -OCH3 is 1. The van der Waals surface area contributed by atoms with Crippen molar-refractivity contribution in [3.8, 4) is 5.75 Å². The van der Waals surface area contributed by atoms with Gasteiger partial charge in [-0.15, -0.1) is 0 Å². The SMILES string of the molecule is CC.COc1ccc(N(C)C(=O)/C=C(\C=O)N2CCOCC2)cc1.[Se]c1ccccc1. The van der Waals surface area contributed by atoms with Gasteiger partial charge in [-0.1, -0.05) is 13.8 Å². The molecule has 1 heterocycles. The average molecular weight is 490 g/mol. The minimum absolute atomic E-state index is 0.251. The summed E-state index contributed by atoms with van der Waals surface area (Å²) in [6.45, 7) is 6.36. The zero-order valence-electron chi connectivity index (χ0n) is 18.6. The van der Waals surface area contributed by atoms with E-state index in [0.29, 0.717) is 38.3 Å². The van der Waals surface area contributed by atoms with Crippen LogP contribution < -0.4 is 14.1 Å². The van der Waals surface area contributed by atoms with Crippen LogP contribution in [0.5, 0.6) is 5.75 Å². The van der Waals surface area contributed by atoms with E-state index in [2.05, 4.69) is 16.0 Å². The van der Waals surface area contributed by atoms with Crippen molar-refractivity contribution in [1.29, 1.82) is 0 Å². The van der Waals surface area contributed by atoms with Crippen LogP contribution in [0.15, 0.2) is 66.4 Å². The zero-order chi connectivity index (χ0) is 23.1. The Balaban J connectivity index is 0.000000447. The van der Waals surface area contributed by atoms with Gasteiger partial charge in [0.05, 0.1) is 26.0 Å². The molecule has 1 amide bonds. The van der Waals surface area contributed by atoms with Crippen LogP contribution in [0.25, 0.3) is 0 Å². The van der Waals surface area contributed by atoms with Gasteiger partial charge in [0.15, 0.2) is 6.29 Å². The number of aldehydes is 1. The number of morpholine rings is 1. The number of carbonyl (C=O) groups excluding carboxylic acids is 2. The molecular weight excluding hydrogens is 459 g/mol. The van der Waals surface area contributed by atoms with Crippen molar-refractivity contribution in [3.63, 3.8) is 0 Å². The van der Waals surface area contributed by atoms with E-state index in [1.54, 1.807) is 38.4 Å². The Morgan fingerprint density at radius 1 is 1.06 bits per heavy atom. The topological polar surface area (TPSA) is 59.1 Å². The number of benzene rings is 2. The van der Waals surface area contributed by atoms with Crippen molar-refractivity contribution >= 4 is 38.4 Å². The Hall–Kier alpha value is -2.60. The molecule has 2 aromatic carbocycles. The molecule has 167 valence electrons. The Labute approximate surface area is 193 Å². The Bertz CT molecular complexity index is 804. The van der Waals surface area contributed by atoms with Gasteiger partial charge >= 0.3 is 50.8 Å². The summed E-state index contributed by atoms with van der Waals surface area (Å²) >= 11 is 2.90. The third-order valence-corrected chi connectivity index (χ3v) is 4.87. The Kier molecular flexibility index (Phi) is 13.0. The summed E-state index contributed by atoms with van der Waals surface area (Å²) < 4.78 is 11.5. The van der Waals surface area contributed by atoms with Gasteiger partial charge in [-0.2, -0.15) is 0 Å². The van der Waals surface area contributed by atoms with Gasteiger partial charge in [-0.25, -0.2) is 0 Å². The van der Waals surface area contributed by atoms with E-state index >= 15 is 0 Å². The van der Waals surface area contributed by atoms with Crippen LogP contribution in [0.2, 0.25) is 0 Å². The monoisotopic (exact) mass is 491 g/mol. The second-order valence-corrected chi connectivity index (χ2v) is 7.18. The summed E-state index contributed by atoms with van der Waals surface area (Å²) in [5, 5.41) is 0. The first-order valence-electron chi connectivity index (χ1n) is 10.2. The van der Waals surface area contributed by atoms with E-state index < -0.39 is 0 Å². The molecule has 31 heavy (non-hydrogen) atoms. The van der Waals surface area contributed by atoms with Crippen molar-refractivity contribution in [2.75, 3.05) is 45.4 Å². The third kappa shape index (κ3) is 9.38. The summed E-state index contributed by atoms with van der Waals surface area (Å²) in [6, 6.07) is 17.2. The standard InChI is InChI=1S/C16H20N2O4.C6H5Se.C2H6/c1-17(13-3-5-15(21-2)6-4-13)16(20)11-14(12-19)18-7-9-22-10-8-18;7-6-4-2-1-3-5-6;1-2/h3-6,11-12H,7-10H2,1-2H3;1-5H;1-2H3/b14-11+;;. The van der Waals surface area contributed by atoms with E-state index in [-0.39, 0.29) is 5.91 Å². The third-order valence-electron chi connectivity index (χ3n) is 4.30. The second-order valence-electron chi connectivity index (χ2n) is 6.19. The summed E-state index contributed by atoms with van der Waals surface area (Å²) in [6.07, 6.45) is 2.08. The molecular formula is C24H31N2O4Se.